The summed E-state index contributed by atoms with van der Waals surface area (Å²) in [6.45, 7) is 14.2. The van der Waals surface area contributed by atoms with Crippen LogP contribution >= 0.6 is 48.0 Å². The SMILES string of the molecule is CC(C)(C)c1cc2c(cc1-c1ccccc1)Cc1c-2cc(C(C)(C)C)c(-c2ccccc2)[c]1[Hf]([C]1=CC=CC1)=[C](c1ccc(Cl)cc1)c1ccc(Cl)cc1.Cl.Cl. The Balaban J connectivity index is 0.00000266. The molecule has 0 bridgehead atoms. The monoisotopic (exact) mass is 980 g/mol. The van der Waals surface area contributed by atoms with Crippen molar-refractivity contribution in [2.75, 3.05) is 0 Å². The molecule has 284 valence electrons. The molecular weight excluding hydrogens is 933 g/mol. The summed E-state index contributed by atoms with van der Waals surface area (Å²) in [6.07, 6.45) is 8.99. The fraction of sp³-hybridized carbons (Fsp3) is 0.196. The summed E-state index contributed by atoms with van der Waals surface area (Å²) in [5.41, 5.74) is 16.3. The van der Waals surface area contributed by atoms with Crippen molar-refractivity contribution in [1.82, 2.24) is 0 Å². The average Bonchev–Trinajstić information content (AvgIpc) is 3.82. The van der Waals surface area contributed by atoms with Gasteiger partial charge in [0.2, 0.25) is 0 Å². The van der Waals surface area contributed by atoms with Crippen LogP contribution in [0, 0.1) is 0 Å². The molecule has 0 aliphatic heterocycles. The van der Waals surface area contributed by atoms with Gasteiger partial charge in [-0.2, -0.15) is 0 Å². The Hall–Kier alpha value is -3.30. The Kier molecular flexibility index (Phi) is 12.8. The zero-order chi connectivity index (χ0) is 37.8. The van der Waals surface area contributed by atoms with E-state index in [2.05, 4.69) is 187 Å². The smallest absolute Gasteiger partial charge is 0.147 e. The minimum atomic E-state index is -3.38. The first kappa shape index (κ1) is 42.3. The largest absolute Gasteiger partial charge is 0.147 e. The molecule has 5 heteroatoms. The zero-order valence-corrected chi connectivity index (χ0v) is 39.6. The molecule has 0 fully saturated rings. The molecule has 0 spiro atoms. The van der Waals surface area contributed by atoms with Gasteiger partial charge in [0.25, 0.3) is 0 Å². The fourth-order valence-corrected chi connectivity index (χ4v) is 21.0. The van der Waals surface area contributed by atoms with E-state index in [9.17, 15) is 0 Å². The molecule has 0 saturated heterocycles. The number of benzene rings is 6. The van der Waals surface area contributed by atoms with Gasteiger partial charge in [0.05, 0.1) is 0 Å². The number of halogens is 4. The molecule has 0 amide bonds. The number of hydrogen-bond acceptors (Lipinski definition) is 0. The molecule has 6 aromatic carbocycles. The summed E-state index contributed by atoms with van der Waals surface area (Å²) in [6, 6.07) is 47.1. The average molecular weight is 981 g/mol. The van der Waals surface area contributed by atoms with E-state index in [4.69, 9.17) is 23.2 Å². The van der Waals surface area contributed by atoms with Gasteiger partial charge in [-0.3, -0.25) is 0 Å². The van der Waals surface area contributed by atoms with Crippen LogP contribution in [0.1, 0.15) is 81.3 Å². The van der Waals surface area contributed by atoms with Crippen molar-refractivity contribution in [1.29, 1.82) is 0 Å². The van der Waals surface area contributed by atoms with E-state index in [0.29, 0.717) is 0 Å². The molecule has 0 aromatic heterocycles. The van der Waals surface area contributed by atoms with E-state index < -0.39 is 21.0 Å². The van der Waals surface area contributed by atoms with Crippen molar-refractivity contribution >= 4 is 54.6 Å². The minimum absolute atomic E-state index is 0. The van der Waals surface area contributed by atoms with Crippen LogP contribution < -0.4 is 3.32 Å². The van der Waals surface area contributed by atoms with Gasteiger partial charge in [-0.25, -0.2) is 0 Å². The summed E-state index contributed by atoms with van der Waals surface area (Å²) in [5, 5.41) is 1.51. The summed E-state index contributed by atoms with van der Waals surface area (Å²) >= 11 is 9.79. The molecule has 0 nitrogen and oxygen atoms in total. The normalized spacial score (nSPS) is 13.0. The van der Waals surface area contributed by atoms with Crippen LogP contribution in [0.3, 0.4) is 0 Å². The predicted octanol–water partition coefficient (Wildman–Crippen LogP) is 14.7. The van der Waals surface area contributed by atoms with Crippen LogP contribution in [0.5, 0.6) is 0 Å². The van der Waals surface area contributed by atoms with Crippen molar-refractivity contribution in [2.45, 2.75) is 65.2 Å². The molecule has 0 N–H and O–H groups in total. The Bertz CT molecular complexity index is 2430. The molecular formula is C51H48Cl4Hf. The maximum absolute atomic E-state index is 6.58. The topological polar surface area (TPSA) is 0 Å². The Morgan fingerprint density at radius 2 is 1.09 bits per heavy atom. The van der Waals surface area contributed by atoms with Crippen molar-refractivity contribution in [3.8, 4) is 33.4 Å². The third kappa shape index (κ3) is 8.18. The van der Waals surface area contributed by atoms with E-state index in [0.717, 1.165) is 22.9 Å². The summed E-state index contributed by atoms with van der Waals surface area (Å²) < 4.78 is 4.69. The van der Waals surface area contributed by atoms with Crippen molar-refractivity contribution in [2.24, 2.45) is 0 Å². The van der Waals surface area contributed by atoms with E-state index in [1.165, 1.54) is 70.0 Å². The molecule has 0 unspecified atom stereocenters. The summed E-state index contributed by atoms with van der Waals surface area (Å²) in [5.74, 6) is 0. The van der Waals surface area contributed by atoms with Gasteiger partial charge in [0.1, 0.15) is 0 Å². The molecule has 0 heterocycles. The maximum atomic E-state index is 6.58. The second kappa shape index (κ2) is 16.9. The van der Waals surface area contributed by atoms with E-state index in [1.807, 2.05) is 0 Å². The van der Waals surface area contributed by atoms with Crippen LogP contribution in [-0.4, -0.2) is 3.26 Å². The van der Waals surface area contributed by atoms with Crippen LogP contribution in [0.2, 0.25) is 10.0 Å². The van der Waals surface area contributed by atoms with Crippen LogP contribution in [0.4, 0.5) is 0 Å². The first-order chi connectivity index (χ1) is 25.9. The summed E-state index contributed by atoms with van der Waals surface area (Å²) in [7, 11) is 0. The molecule has 0 saturated carbocycles. The third-order valence-corrected chi connectivity index (χ3v) is 22.7. The first-order valence-corrected chi connectivity index (χ1v) is 25.1. The van der Waals surface area contributed by atoms with Crippen molar-refractivity contribution in [3.05, 3.63) is 192 Å². The van der Waals surface area contributed by atoms with Gasteiger partial charge in [0, 0.05) is 0 Å². The zero-order valence-electron chi connectivity index (χ0n) is 32.8. The van der Waals surface area contributed by atoms with Gasteiger partial charge >= 0.3 is 342 Å². The van der Waals surface area contributed by atoms with Crippen molar-refractivity contribution in [3.63, 3.8) is 0 Å². The Labute approximate surface area is 363 Å². The van der Waals surface area contributed by atoms with Gasteiger partial charge in [-0.15, -0.1) is 24.8 Å². The Morgan fingerprint density at radius 1 is 0.571 bits per heavy atom. The van der Waals surface area contributed by atoms with E-state index in [-0.39, 0.29) is 35.6 Å². The first-order valence-electron chi connectivity index (χ1n) is 19.0. The third-order valence-electron chi connectivity index (χ3n) is 11.0. The van der Waals surface area contributed by atoms with Crippen LogP contribution in [0.15, 0.2) is 149 Å². The number of allylic oxidation sites excluding steroid dienone is 4. The van der Waals surface area contributed by atoms with Crippen LogP contribution in [0.25, 0.3) is 33.4 Å². The molecule has 8 rings (SSSR count). The van der Waals surface area contributed by atoms with Gasteiger partial charge in [-0.1, -0.05) is 0 Å². The van der Waals surface area contributed by atoms with Gasteiger partial charge in [0.15, 0.2) is 0 Å². The number of hydrogen-bond donors (Lipinski definition) is 0. The van der Waals surface area contributed by atoms with Gasteiger partial charge in [-0.05, 0) is 0 Å². The fourth-order valence-electron chi connectivity index (χ4n) is 8.40. The predicted molar refractivity (Wildman–Crippen MR) is 245 cm³/mol. The Morgan fingerprint density at radius 3 is 1.59 bits per heavy atom. The quantitative estimate of drug-likeness (QED) is 0.146. The second-order valence-corrected chi connectivity index (χ2v) is 26.2. The number of rotatable bonds is 6. The molecule has 0 radical (unpaired) electrons. The summed E-state index contributed by atoms with van der Waals surface area (Å²) in [4.78, 5) is 0. The van der Waals surface area contributed by atoms with Crippen LogP contribution in [-0.2, 0) is 38.2 Å². The second-order valence-electron chi connectivity index (χ2n) is 16.8. The molecule has 2 aliphatic carbocycles. The minimum Gasteiger partial charge on any atom is -0.147 e. The maximum Gasteiger partial charge on any atom is -0.147 e. The molecule has 6 aromatic rings. The molecule has 2 aliphatic rings. The molecule has 0 atom stereocenters. The van der Waals surface area contributed by atoms with Gasteiger partial charge < -0.3 is 0 Å². The number of fused-ring (bicyclic) bond motifs is 3. The molecule has 56 heavy (non-hydrogen) atoms. The standard InChI is InChI=1S/C33H33.C13H8Cl2.C5H5.2ClH.Hf/c1-32(2,3)30-20-26-24(18-28(30)22-13-9-7-10-14-22)17-25-19-29(23-15-11-8-12-16-23)31(21-27(25)26)33(4,5)6;14-12-5-1-10(2-6-12)9-11-3-7-13(15)8-4-11;1-2-4-5-3-1;;;/h7-16,18,20-21H,17H2,1-6H3;1-8H;1-3H,4H2;2*1H;. The van der Waals surface area contributed by atoms with Crippen molar-refractivity contribution < 1.29 is 21.0 Å². The van der Waals surface area contributed by atoms with E-state index >= 15 is 0 Å². The van der Waals surface area contributed by atoms with E-state index in [1.54, 1.807) is 6.65 Å².